The molecule has 0 aromatic heterocycles. The molecule has 0 radical (unpaired) electrons. The molecule has 1 heterocycles. The fraction of sp³-hybridized carbons (Fsp3) is 0.720. The van der Waals surface area contributed by atoms with Crippen LogP contribution in [0.5, 0.6) is 0 Å². The Morgan fingerprint density at radius 1 is 0.912 bits per heavy atom. The second-order valence-electron chi connectivity index (χ2n) is 12.3. The van der Waals surface area contributed by atoms with Gasteiger partial charge in [0, 0.05) is 6.42 Å². The summed E-state index contributed by atoms with van der Waals surface area (Å²) in [7, 11) is -4.41. The number of rotatable bonds is 6. The van der Waals surface area contributed by atoms with E-state index < -0.39 is 46.7 Å². The molecule has 0 unspecified atom stereocenters. The first-order chi connectivity index (χ1) is 15.2. The molecule has 0 amide bonds. The molecular weight excluding hydrogens is 477 g/mol. The lowest BCUT2D eigenvalue weighted by atomic mass is 9.95. The highest BCUT2D eigenvalue weighted by Crippen LogP contribution is 2.42. The second-order valence-corrected chi connectivity index (χ2v) is 21.9. The molecule has 0 N–H and O–H groups in total. The molecule has 1 aromatic rings. The second kappa shape index (κ2) is 9.80. The van der Waals surface area contributed by atoms with Crippen molar-refractivity contribution in [3.8, 4) is 0 Å². The molecule has 0 saturated carbocycles. The molecule has 1 aliphatic rings. The minimum atomic E-state index is -4.41. The van der Waals surface area contributed by atoms with E-state index >= 15 is 0 Å². The summed E-state index contributed by atoms with van der Waals surface area (Å²) in [5.41, 5.74) is -0.181. The van der Waals surface area contributed by atoms with Crippen LogP contribution in [0, 0.1) is 0 Å². The molecule has 194 valence electrons. The van der Waals surface area contributed by atoms with Crippen LogP contribution in [0.1, 0.15) is 65.2 Å². The van der Waals surface area contributed by atoms with Gasteiger partial charge in [-0.1, -0.05) is 53.7 Å². The minimum absolute atomic E-state index is 0.0196. The number of ketones is 1. The minimum Gasteiger partial charge on any atom is -0.414 e. The van der Waals surface area contributed by atoms with Gasteiger partial charge in [0.2, 0.25) is 0 Å². The third-order valence-electron chi connectivity index (χ3n) is 7.63. The molecule has 0 spiro atoms. The highest BCUT2D eigenvalue weighted by atomic mass is 28.4. The van der Waals surface area contributed by atoms with Crippen LogP contribution in [-0.4, -0.2) is 41.2 Å². The number of hydrogen-bond acceptors (Lipinski definition) is 4. The molecule has 1 aromatic carbocycles. The lowest BCUT2D eigenvalue weighted by Crippen LogP contribution is -2.55. The zero-order valence-electron chi connectivity index (χ0n) is 22.2. The van der Waals surface area contributed by atoms with Crippen molar-refractivity contribution in [1.29, 1.82) is 0 Å². The Morgan fingerprint density at radius 3 is 1.85 bits per heavy atom. The van der Waals surface area contributed by atoms with Gasteiger partial charge in [-0.15, -0.1) is 0 Å². The van der Waals surface area contributed by atoms with Crippen LogP contribution < -0.4 is 0 Å². The molecule has 4 nitrogen and oxygen atoms in total. The van der Waals surface area contributed by atoms with Crippen molar-refractivity contribution in [1.82, 2.24) is 0 Å². The van der Waals surface area contributed by atoms with E-state index in [9.17, 15) is 18.0 Å². The summed E-state index contributed by atoms with van der Waals surface area (Å²) in [4.78, 5) is 13.3. The smallest absolute Gasteiger partial charge is 0.414 e. The van der Waals surface area contributed by atoms with Crippen LogP contribution in [0.15, 0.2) is 24.3 Å². The molecule has 1 fully saturated rings. The first kappa shape index (κ1) is 29.2. The number of Topliss-reactive ketones (excluding diaryl/α,β-unsaturated/α-hetero) is 1. The predicted octanol–water partition coefficient (Wildman–Crippen LogP) is 7.52. The highest BCUT2D eigenvalue weighted by molar-refractivity contribution is 6.74. The van der Waals surface area contributed by atoms with Gasteiger partial charge in [-0.2, -0.15) is 13.2 Å². The summed E-state index contributed by atoms with van der Waals surface area (Å²) in [6.07, 6.45) is -6.37. The standard InChI is InChI=1S/C25H41F3O4Si2/c1-23(2,3)33(7,8)30-16-21-22(32-34(9,10)24(4,5)6)19(29)15-20(31-21)17-11-13-18(14-12-17)25(26,27)28/h11-14,20-22H,15-16H2,1-10H3/t20-,21+,22-/m0/s1. The van der Waals surface area contributed by atoms with Gasteiger partial charge in [-0.3, -0.25) is 4.79 Å². The van der Waals surface area contributed by atoms with Crippen molar-refractivity contribution in [3.05, 3.63) is 35.4 Å². The zero-order chi connectivity index (χ0) is 26.3. The Balaban J connectivity index is 2.33. The molecular formula is C25H41F3O4Si2. The largest absolute Gasteiger partial charge is 0.416 e. The van der Waals surface area contributed by atoms with Crippen molar-refractivity contribution < 1.29 is 31.6 Å². The number of benzene rings is 1. The van der Waals surface area contributed by atoms with E-state index in [4.69, 9.17) is 13.6 Å². The van der Waals surface area contributed by atoms with Gasteiger partial charge in [0.15, 0.2) is 22.4 Å². The van der Waals surface area contributed by atoms with Crippen LogP contribution in [-0.2, 0) is 24.6 Å². The quantitative estimate of drug-likeness (QED) is 0.365. The van der Waals surface area contributed by atoms with E-state index in [1.165, 1.54) is 12.1 Å². The Labute approximate surface area is 204 Å². The number of ether oxygens (including phenoxy) is 1. The van der Waals surface area contributed by atoms with Gasteiger partial charge >= 0.3 is 6.18 Å². The molecule has 34 heavy (non-hydrogen) atoms. The van der Waals surface area contributed by atoms with Gasteiger partial charge in [0.1, 0.15) is 12.2 Å². The van der Waals surface area contributed by atoms with E-state index in [-0.39, 0.29) is 28.9 Å². The van der Waals surface area contributed by atoms with Gasteiger partial charge < -0.3 is 13.6 Å². The Kier molecular flexibility index (Phi) is 8.43. The number of halogens is 3. The van der Waals surface area contributed by atoms with Crippen LogP contribution in [0.3, 0.4) is 0 Å². The normalized spacial score (nSPS) is 23.3. The lowest BCUT2D eigenvalue weighted by Gasteiger charge is -2.45. The van der Waals surface area contributed by atoms with Crippen LogP contribution in [0.25, 0.3) is 0 Å². The molecule has 9 heteroatoms. The van der Waals surface area contributed by atoms with Gasteiger partial charge in [-0.05, 0) is 54.0 Å². The van der Waals surface area contributed by atoms with Crippen molar-refractivity contribution in [2.45, 2.75) is 109 Å². The Morgan fingerprint density at radius 2 is 1.41 bits per heavy atom. The van der Waals surface area contributed by atoms with Crippen molar-refractivity contribution in [3.63, 3.8) is 0 Å². The summed E-state index contributed by atoms with van der Waals surface area (Å²) < 4.78 is 58.2. The molecule has 0 bridgehead atoms. The van der Waals surface area contributed by atoms with E-state index in [2.05, 4.69) is 67.7 Å². The Bertz CT molecular complexity index is 853. The van der Waals surface area contributed by atoms with Crippen LogP contribution in [0.4, 0.5) is 13.2 Å². The maximum Gasteiger partial charge on any atom is 0.416 e. The van der Waals surface area contributed by atoms with E-state index in [1.54, 1.807) is 0 Å². The fourth-order valence-electron chi connectivity index (χ4n) is 3.19. The number of hydrogen-bond donors (Lipinski definition) is 0. The maximum absolute atomic E-state index is 13.3. The van der Waals surface area contributed by atoms with E-state index in [0.717, 1.165) is 12.1 Å². The summed E-state index contributed by atoms with van der Waals surface area (Å²) in [6.45, 7) is 21.4. The fourth-order valence-corrected chi connectivity index (χ4v) is 5.47. The van der Waals surface area contributed by atoms with E-state index in [1.807, 2.05) is 0 Å². The first-order valence-electron chi connectivity index (χ1n) is 11.8. The van der Waals surface area contributed by atoms with Crippen molar-refractivity contribution in [2.75, 3.05) is 6.61 Å². The number of carbonyl (C=O) groups excluding carboxylic acids is 1. The van der Waals surface area contributed by atoms with E-state index in [0.29, 0.717) is 5.56 Å². The molecule has 2 rings (SSSR count). The average Bonchev–Trinajstić information content (AvgIpc) is 2.66. The summed E-state index contributed by atoms with van der Waals surface area (Å²) in [5, 5.41) is -0.114. The summed E-state index contributed by atoms with van der Waals surface area (Å²) in [5.74, 6) is -0.0928. The van der Waals surface area contributed by atoms with Gasteiger partial charge in [0.25, 0.3) is 0 Å². The predicted molar refractivity (Wildman–Crippen MR) is 134 cm³/mol. The molecule has 0 aliphatic carbocycles. The highest BCUT2D eigenvalue weighted by Gasteiger charge is 2.47. The molecule has 1 saturated heterocycles. The summed E-state index contributed by atoms with van der Waals surface area (Å²) >= 11 is 0. The van der Waals surface area contributed by atoms with Crippen molar-refractivity contribution in [2.24, 2.45) is 0 Å². The summed E-state index contributed by atoms with van der Waals surface area (Å²) in [6, 6.07) is 4.84. The zero-order valence-corrected chi connectivity index (χ0v) is 24.2. The topological polar surface area (TPSA) is 44.8 Å². The monoisotopic (exact) mass is 518 g/mol. The van der Waals surface area contributed by atoms with Crippen LogP contribution in [0.2, 0.25) is 36.3 Å². The first-order valence-corrected chi connectivity index (χ1v) is 17.6. The van der Waals surface area contributed by atoms with Gasteiger partial charge in [-0.25, -0.2) is 0 Å². The lowest BCUT2D eigenvalue weighted by molar-refractivity contribution is -0.161. The molecule has 3 atom stereocenters. The van der Waals surface area contributed by atoms with Crippen LogP contribution >= 0.6 is 0 Å². The van der Waals surface area contributed by atoms with Gasteiger partial charge in [0.05, 0.1) is 18.3 Å². The number of alkyl halides is 3. The number of carbonyl (C=O) groups is 1. The SMILES string of the molecule is CC(C)(C)[Si](C)(C)OC[C@H]1O[C@H](c2ccc(C(F)(F)F)cc2)CC(=O)[C@@H]1O[Si](C)(C)C(C)(C)C. The molecule has 1 aliphatic heterocycles. The maximum atomic E-state index is 13.3. The third-order valence-corrected chi connectivity index (χ3v) is 16.6. The third kappa shape index (κ3) is 6.81. The Hall–Kier alpha value is -1.01. The average molecular weight is 519 g/mol. The van der Waals surface area contributed by atoms with Crippen molar-refractivity contribution >= 4 is 22.4 Å².